The molecule has 1 aromatic heterocycles. The van der Waals surface area contributed by atoms with Crippen molar-refractivity contribution in [3.63, 3.8) is 0 Å². The fourth-order valence-electron chi connectivity index (χ4n) is 3.46. The summed E-state index contributed by atoms with van der Waals surface area (Å²) in [5.41, 5.74) is -1.04. The van der Waals surface area contributed by atoms with Crippen LogP contribution in [-0.4, -0.2) is 47.3 Å². The molecule has 1 aliphatic carbocycles. The Morgan fingerprint density at radius 3 is 2.43 bits per heavy atom. The van der Waals surface area contributed by atoms with Gasteiger partial charge in [0.25, 0.3) is 12.3 Å². The first-order valence-electron chi connectivity index (χ1n) is 9.26. The highest BCUT2D eigenvalue weighted by Crippen LogP contribution is 2.37. The van der Waals surface area contributed by atoms with Gasteiger partial charge in [-0.15, -0.1) is 0 Å². The second-order valence-corrected chi connectivity index (χ2v) is 9.37. The van der Waals surface area contributed by atoms with Crippen LogP contribution in [0, 0.1) is 5.95 Å². The summed E-state index contributed by atoms with van der Waals surface area (Å²) in [6.07, 6.45) is -0.801. The summed E-state index contributed by atoms with van der Waals surface area (Å²) in [5.74, 6) is -2.06. The third-order valence-electron chi connectivity index (χ3n) is 5.15. The van der Waals surface area contributed by atoms with Crippen molar-refractivity contribution in [2.75, 3.05) is 6.26 Å². The van der Waals surface area contributed by atoms with Gasteiger partial charge in [-0.1, -0.05) is 24.8 Å². The smallest absolute Gasteiger partial charge is 0.283 e. The molecular formula is C20H22F3N3O3S. The minimum atomic E-state index is -3.57. The zero-order valence-corrected chi connectivity index (χ0v) is 17.6. The summed E-state index contributed by atoms with van der Waals surface area (Å²) in [6, 6.07) is 5.18. The standard InChI is InChI=1S/C20H22F3N3O3S/c1-11(14-7-5-6-8-15(14)30(4,28)29)12(2)26(13-9-10-13)20(27)16-17(18(21)22)24-25(3)19(16)23/h5-8,12-13,18H,1,9-10H2,2-4H3. The normalized spacial score (nSPS) is 15.3. The van der Waals surface area contributed by atoms with E-state index < -0.39 is 45.4 Å². The number of nitrogens with zero attached hydrogens (tertiary/aromatic N) is 3. The lowest BCUT2D eigenvalue weighted by molar-refractivity contribution is 0.0698. The van der Waals surface area contributed by atoms with Gasteiger partial charge in [0.15, 0.2) is 9.84 Å². The summed E-state index contributed by atoms with van der Waals surface area (Å²) < 4.78 is 66.2. The second kappa shape index (κ2) is 7.90. The predicted octanol–water partition coefficient (Wildman–Crippen LogP) is 3.61. The average molecular weight is 441 g/mol. The molecule has 1 heterocycles. The third kappa shape index (κ3) is 4.00. The Hall–Kier alpha value is -2.62. The van der Waals surface area contributed by atoms with E-state index in [9.17, 15) is 26.4 Å². The van der Waals surface area contributed by atoms with Crippen LogP contribution in [0.5, 0.6) is 0 Å². The molecule has 0 saturated heterocycles. The van der Waals surface area contributed by atoms with Crippen LogP contribution < -0.4 is 0 Å². The van der Waals surface area contributed by atoms with Gasteiger partial charge < -0.3 is 4.90 Å². The van der Waals surface area contributed by atoms with Crippen molar-refractivity contribution < 1.29 is 26.4 Å². The second-order valence-electron chi connectivity index (χ2n) is 7.39. The van der Waals surface area contributed by atoms with Crippen LogP contribution in [0.2, 0.25) is 0 Å². The maximum absolute atomic E-state index is 14.5. The van der Waals surface area contributed by atoms with E-state index in [-0.39, 0.29) is 10.9 Å². The van der Waals surface area contributed by atoms with Gasteiger partial charge in [0.1, 0.15) is 11.3 Å². The summed E-state index contributed by atoms with van der Waals surface area (Å²) in [7, 11) is -2.43. The monoisotopic (exact) mass is 441 g/mol. The van der Waals surface area contributed by atoms with Crippen LogP contribution in [0.3, 0.4) is 0 Å². The highest BCUT2D eigenvalue weighted by molar-refractivity contribution is 7.90. The van der Waals surface area contributed by atoms with Crippen molar-refractivity contribution in [1.82, 2.24) is 14.7 Å². The highest BCUT2D eigenvalue weighted by atomic mass is 32.2. The van der Waals surface area contributed by atoms with Gasteiger partial charge in [0.2, 0.25) is 5.95 Å². The molecule has 1 amide bonds. The average Bonchev–Trinajstić information content (AvgIpc) is 3.45. The number of aromatic nitrogens is 2. The molecule has 1 aliphatic rings. The quantitative estimate of drug-likeness (QED) is 0.658. The molecule has 1 aromatic carbocycles. The summed E-state index contributed by atoms with van der Waals surface area (Å²) in [6.45, 7) is 5.59. The van der Waals surface area contributed by atoms with E-state index in [1.54, 1.807) is 25.1 Å². The number of aryl methyl sites for hydroxylation is 1. The molecule has 6 nitrogen and oxygen atoms in total. The first kappa shape index (κ1) is 22.1. The van der Waals surface area contributed by atoms with Gasteiger partial charge in [-0.3, -0.25) is 4.79 Å². The zero-order valence-electron chi connectivity index (χ0n) is 16.8. The molecule has 1 atom stereocenters. The lowest BCUT2D eigenvalue weighted by atomic mass is 9.99. The van der Waals surface area contributed by atoms with Gasteiger partial charge >= 0.3 is 0 Å². The van der Waals surface area contributed by atoms with Gasteiger partial charge in [-0.25, -0.2) is 21.9 Å². The van der Waals surface area contributed by atoms with Crippen LogP contribution in [0.25, 0.3) is 5.57 Å². The number of rotatable bonds is 7. The third-order valence-corrected chi connectivity index (χ3v) is 6.31. The Kier molecular flexibility index (Phi) is 5.81. The maximum Gasteiger partial charge on any atom is 0.283 e. The Morgan fingerprint density at radius 1 is 1.30 bits per heavy atom. The highest BCUT2D eigenvalue weighted by Gasteiger charge is 2.41. The molecule has 0 aliphatic heterocycles. The molecule has 30 heavy (non-hydrogen) atoms. The summed E-state index contributed by atoms with van der Waals surface area (Å²) in [5, 5.41) is 3.44. The van der Waals surface area contributed by atoms with Gasteiger partial charge in [-0.2, -0.15) is 9.49 Å². The van der Waals surface area contributed by atoms with E-state index in [0.29, 0.717) is 28.7 Å². The first-order valence-corrected chi connectivity index (χ1v) is 11.2. The van der Waals surface area contributed by atoms with Gasteiger partial charge in [0, 0.05) is 19.3 Å². The van der Waals surface area contributed by atoms with E-state index in [0.717, 1.165) is 13.3 Å². The van der Waals surface area contributed by atoms with Gasteiger partial charge in [-0.05, 0) is 37.0 Å². The Balaban J connectivity index is 2.03. The molecule has 1 unspecified atom stereocenters. The van der Waals surface area contributed by atoms with Crippen molar-refractivity contribution in [1.29, 1.82) is 0 Å². The Labute approximate surface area is 172 Å². The van der Waals surface area contributed by atoms with Crippen molar-refractivity contribution in [2.24, 2.45) is 7.05 Å². The van der Waals surface area contributed by atoms with Crippen LogP contribution >= 0.6 is 0 Å². The number of carbonyl (C=O) groups excluding carboxylic acids is 1. The predicted molar refractivity (Wildman–Crippen MR) is 105 cm³/mol. The van der Waals surface area contributed by atoms with Crippen molar-refractivity contribution in [3.05, 3.63) is 53.6 Å². The number of carbonyl (C=O) groups is 1. The van der Waals surface area contributed by atoms with E-state index in [1.807, 2.05) is 0 Å². The number of halogens is 3. The first-order chi connectivity index (χ1) is 13.9. The number of benzene rings is 1. The zero-order chi connectivity index (χ0) is 22.4. The molecule has 3 rings (SSSR count). The molecule has 0 bridgehead atoms. The van der Waals surface area contributed by atoms with Crippen LogP contribution in [0.15, 0.2) is 35.7 Å². The maximum atomic E-state index is 14.5. The molecule has 0 spiro atoms. The Morgan fingerprint density at radius 2 is 1.90 bits per heavy atom. The van der Waals surface area contributed by atoms with Crippen molar-refractivity contribution >= 4 is 21.3 Å². The molecule has 1 fully saturated rings. The molecule has 2 aromatic rings. The number of sulfone groups is 1. The number of hydrogen-bond acceptors (Lipinski definition) is 4. The fourth-order valence-corrected chi connectivity index (χ4v) is 4.39. The number of hydrogen-bond donors (Lipinski definition) is 0. The number of alkyl halides is 2. The SMILES string of the molecule is C=C(c1ccccc1S(C)(=O)=O)C(C)N(C(=O)c1c(C(F)F)nn(C)c1F)C1CC1. The Bertz CT molecular complexity index is 1110. The lowest BCUT2D eigenvalue weighted by Crippen LogP contribution is -2.41. The van der Waals surface area contributed by atoms with Crippen molar-refractivity contribution in [3.8, 4) is 0 Å². The van der Waals surface area contributed by atoms with E-state index >= 15 is 0 Å². The molecule has 162 valence electrons. The van der Waals surface area contributed by atoms with E-state index in [4.69, 9.17) is 0 Å². The van der Waals surface area contributed by atoms with Crippen LogP contribution in [0.1, 0.15) is 47.8 Å². The van der Waals surface area contributed by atoms with Crippen LogP contribution in [-0.2, 0) is 16.9 Å². The summed E-state index contributed by atoms with van der Waals surface area (Å²) >= 11 is 0. The fraction of sp³-hybridized carbons (Fsp3) is 0.400. The minimum Gasteiger partial charge on any atom is -0.329 e. The molecule has 1 saturated carbocycles. The van der Waals surface area contributed by atoms with Crippen molar-refractivity contribution in [2.45, 2.75) is 43.2 Å². The summed E-state index contributed by atoms with van der Waals surface area (Å²) in [4.78, 5) is 14.5. The number of amides is 1. The van der Waals surface area contributed by atoms with E-state index in [2.05, 4.69) is 11.7 Å². The molecule has 0 N–H and O–H groups in total. The molecule has 0 radical (unpaired) electrons. The molecule has 10 heteroatoms. The largest absolute Gasteiger partial charge is 0.329 e. The molecular weight excluding hydrogens is 419 g/mol. The van der Waals surface area contributed by atoms with Crippen LogP contribution in [0.4, 0.5) is 13.2 Å². The topological polar surface area (TPSA) is 72.3 Å². The lowest BCUT2D eigenvalue weighted by Gasteiger charge is -2.31. The minimum absolute atomic E-state index is 0.0471. The van der Waals surface area contributed by atoms with Gasteiger partial charge in [0.05, 0.1) is 10.9 Å². The van der Waals surface area contributed by atoms with E-state index in [1.165, 1.54) is 11.0 Å².